The smallest absolute Gasteiger partial charge is 0.160 e. The molecule has 24 heavy (non-hydrogen) atoms. The SMILES string of the molecule is [2H]C1(O)CCN([C@@H]2CCCC[C@H]2OCCc2ccc(O)c(OC([2H])([2H])[2H])c2)C1. The van der Waals surface area contributed by atoms with E-state index in [9.17, 15) is 10.2 Å². The fraction of sp³-hybridized carbons (Fsp3) is 0.684. The maximum atomic E-state index is 9.95. The van der Waals surface area contributed by atoms with Crippen LogP contribution in [0.4, 0.5) is 0 Å². The van der Waals surface area contributed by atoms with Crippen LogP contribution in [0.1, 0.15) is 43.2 Å². The molecule has 1 saturated carbocycles. The van der Waals surface area contributed by atoms with E-state index in [1.807, 2.05) is 0 Å². The molecule has 1 aromatic carbocycles. The second kappa shape index (κ2) is 8.19. The molecule has 2 aliphatic rings. The van der Waals surface area contributed by atoms with Gasteiger partial charge in [-0.05, 0) is 43.4 Å². The molecule has 2 N–H and O–H groups in total. The first-order chi connectivity index (χ1) is 13.1. The Morgan fingerprint density at radius 1 is 1.33 bits per heavy atom. The van der Waals surface area contributed by atoms with E-state index < -0.39 is 13.1 Å². The zero-order valence-electron chi connectivity index (χ0n) is 17.9. The van der Waals surface area contributed by atoms with Gasteiger partial charge in [-0.1, -0.05) is 18.9 Å². The average Bonchev–Trinajstić information content (AvgIpc) is 2.97. The first-order valence-corrected chi connectivity index (χ1v) is 8.72. The normalized spacial score (nSPS) is 34.2. The highest BCUT2D eigenvalue weighted by molar-refractivity contribution is 5.41. The van der Waals surface area contributed by atoms with Crippen molar-refractivity contribution in [1.29, 1.82) is 0 Å². The molecule has 1 aliphatic heterocycles. The number of ether oxygens (including phenoxy) is 2. The third-order valence-corrected chi connectivity index (χ3v) is 5.07. The van der Waals surface area contributed by atoms with Crippen molar-refractivity contribution in [1.82, 2.24) is 4.90 Å². The summed E-state index contributed by atoms with van der Waals surface area (Å²) in [5.41, 5.74) is 0.825. The Labute approximate surface area is 149 Å². The summed E-state index contributed by atoms with van der Waals surface area (Å²) in [6.45, 7) is 1.56. The van der Waals surface area contributed by atoms with Gasteiger partial charge in [-0.2, -0.15) is 0 Å². The number of phenolic OH excluding ortho intramolecular Hbond substituents is 1. The topological polar surface area (TPSA) is 62.2 Å². The number of rotatable bonds is 6. The molecule has 0 aromatic heterocycles. The molecule has 134 valence electrons. The van der Waals surface area contributed by atoms with E-state index in [0.29, 0.717) is 26.0 Å². The summed E-state index contributed by atoms with van der Waals surface area (Å²) in [5.74, 6) is -0.259. The second-order valence-electron chi connectivity index (χ2n) is 6.70. The van der Waals surface area contributed by atoms with Gasteiger partial charge < -0.3 is 19.7 Å². The van der Waals surface area contributed by atoms with Gasteiger partial charge in [0.25, 0.3) is 0 Å². The lowest BCUT2D eigenvalue weighted by atomic mass is 9.91. The minimum atomic E-state index is -2.61. The Morgan fingerprint density at radius 3 is 3.00 bits per heavy atom. The van der Waals surface area contributed by atoms with Crippen LogP contribution >= 0.6 is 0 Å². The molecule has 0 spiro atoms. The number of phenols is 1. The maximum absolute atomic E-state index is 9.95. The van der Waals surface area contributed by atoms with E-state index in [2.05, 4.69) is 4.90 Å². The van der Waals surface area contributed by atoms with Gasteiger partial charge in [-0.3, -0.25) is 4.90 Å². The fourth-order valence-corrected chi connectivity index (χ4v) is 3.76. The highest BCUT2D eigenvalue weighted by Crippen LogP contribution is 2.29. The number of methoxy groups -OCH3 is 1. The summed E-state index contributed by atoms with van der Waals surface area (Å²) in [7, 11) is -2.61. The zero-order chi connectivity index (χ0) is 20.4. The van der Waals surface area contributed by atoms with E-state index in [4.69, 9.17) is 15.0 Å². The highest BCUT2D eigenvalue weighted by atomic mass is 16.5. The van der Waals surface area contributed by atoms with Crippen molar-refractivity contribution in [3.8, 4) is 11.5 Å². The molecule has 0 radical (unpaired) electrons. The molecule has 1 saturated heterocycles. The van der Waals surface area contributed by atoms with Crippen molar-refractivity contribution in [2.75, 3.05) is 26.7 Å². The largest absolute Gasteiger partial charge is 0.504 e. The van der Waals surface area contributed by atoms with Gasteiger partial charge in [-0.25, -0.2) is 0 Å². The maximum Gasteiger partial charge on any atom is 0.160 e. The Morgan fingerprint density at radius 2 is 2.21 bits per heavy atom. The van der Waals surface area contributed by atoms with Gasteiger partial charge in [-0.15, -0.1) is 0 Å². The van der Waals surface area contributed by atoms with Crippen LogP contribution in [0.15, 0.2) is 18.2 Å². The van der Waals surface area contributed by atoms with Crippen molar-refractivity contribution >= 4 is 0 Å². The highest BCUT2D eigenvalue weighted by Gasteiger charge is 2.34. The van der Waals surface area contributed by atoms with E-state index >= 15 is 0 Å². The van der Waals surface area contributed by atoms with Gasteiger partial charge in [0.1, 0.15) is 0 Å². The number of β-amino-alcohol motifs (C(OH)–C–C–N with tert-alkyl or cyclic N) is 1. The molecule has 3 atom stereocenters. The van der Waals surface area contributed by atoms with Crippen LogP contribution < -0.4 is 4.74 Å². The van der Waals surface area contributed by atoms with Crippen LogP contribution in [0.25, 0.3) is 0 Å². The van der Waals surface area contributed by atoms with Crippen LogP contribution in [-0.4, -0.2) is 60.1 Å². The molecule has 5 nitrogen and oxygen atoms in total. The van der Waals surface area contributed by atoms with Crippen molar-refractivity contribution < 1.29 is 25.2 Å². The van der Waals surface area contributed by atoms with Gasteiger partial charge in [0.05, 0.1) is 31.3 Å². The fourth-order valence-electron chi connectivity index (χ4n) is 3.76. The minimum absolute atomic E-state index is 0.0557. The lowest BCUT2D eigenvalue weighted by Gasteiger charge is -2.37. The molecular weight excluding hydrogens is 306 g/mol. The predicted molar refractivity (Wildman–Crippen MR) is 92.6 cm³/mol. The van der Waals surface area contributed by atoms with E-state index in [0.717, 1.165) is 37.8 Å². The summed E-state index contributed by atoms with van der Waals surface area (Å²) < 4.78 is 40.4. The average molecular weight is 339 g/mol. The first kappa shape index (κ1) is 13.0. The van der Waals surface area contributed by atoms with E-state index in [-0.39, 0.29) is 23.6 Å². The number of aliphatic hydroxyl groups is 1. The number of benzene rings is 1. The third kappa shape index (κ3) is 4.21. The molecule has 1 heterocycles. The molecule has 2 fully saturated rings. The summed E-state index contributed by atoms with van der Waals surface area (Å²) in [6, 6.07) is 4.91. The van der Waals surface area contributed by atoms with Crippen molar-refractivity contribution in [3.05, 3.63) is 23.8 Å². The van der Waals surface area contributed by atoms with Gasteiger partial charge in [0, 0.05) is 19.1 Å². The lowest BCUT2D eigenvalue weighted by molar-refractivity contribution is -0.0316. The summed E-state index contributed by atoms with van der Waals surface area (Å²) in [4.78, 5) is 2.18. The Hall–Kier alpha value is -1.30. The number of hydrogen-bond acceptors (Lipinski definition) is 5. The quantitative estimate of drug-likeness (QED) is 0.833. The third-order valence-electron chi connectivity index (χ3n) is 5.07. The summed E-state index contributed by atoms with van der Waals surface area (Å²) in [6.07, 6.45) is 3.96. The number of likely N-dealkylation sites (tertiary alicyclic amines) is 1. The molecule has 1 unspecified atom stereocenters. The standard InChI is InChI=1S/C19H29NO4/c1-23-19-12-14(6-7-17(19)22)9-11-24-18-5-3-2-4-16(18)20-10-8-15(21)13-20/h6-7,12,15-16,18,21-22H,2-5,8-11,13H2,1H3/t15?,16-,18-/m1/s1/i1D3,15D. The molecule has 5 heteroatoms. The molecule has 0 amide bonds. The Balaban J connectivity index is 1.55. The Bertz CT molecular complexity index is 668. The first-order valence-electron chi connectivity index (χ1n) is 10.7. The monoisotopic (exact) mass is 339 g/mol. The van der Waals surface area contributed by atoms with Crippen molar-refractivity contribution in [2.45, 2.75) is 56.8 Å². The number of hydrogen-bond donors (Lipinski definition) is 2. The zero-order valence-corrected chi connectivity index (χ0v) is 13.9. The van der Waals surface area contributed by atoms with Gasteiger partial charge >= 0.3 is 0 Å². The van der Waals surface area contributed by atoms with Crippen LogP contribution in [0.2, 0.25) is 0 Å². The van der Waals surface area contributed by atoms with Gasteiger partial charge in [0.2, 0.25) is 0 Å². The predicted octanol–water partition coefficient (Wildman–Crippen LogP) is 2.34. The van der Waals surface area contributed by atoms with E-state index in [1.54, 1.807) is 6.07 Å². The van der Waals surface area contributed by atoms with Crippen LogP contribution in [-0.2, 0) is 11.2 Å². The molecule has 0 bridgehead atoms. The van der Waals surface area contributed by atoms with Crippen LogP contribution in [0, 0.1) is 0 Å². The number of aromatic hydroxyl groups is 1. The van der Waals surface area contributed by atoms with Crippen LogP contribution in [0.5, 0.6) is 11.5 Å². The number of nitrogens with zero attached hydrogens (tertiary/aromatic N) is 1. The summed E-state index contributed by atoms with van der Waals surface area (Å²) >= 11 is 0. The lowest BCUT2D eigenvalue weighted by Crippen LogP contribution is -2.46. The van der Waals surface area contributed by atoms with Crippen molar-refractivity contribution in [3.63, 3.8) is 0 Å². The van der Waals surface area contributed by atoms with Crippen molar-refractivity contribution in [2.24, 2.45) is 0 Å². The molecule has 3 rings (SSSR count). The van der Waals surface area contributed by atoms with Crippen LogP contribution in [0.3, 0.4) is 0 Å². The van der Waals surface area contributed by atoms with Gasteiger partial charge in [0.15, 0.2) is 11.5 Å². The molecular formula is C19H29NO4. The summed E-state index contributed by atoms with van der Waals surface area (Å²) in [5, 5.41) is 19.7. The minimum Gasteiger partial charge on any atom is -0.504 e. The molecule has 1 aromatic rings. The Kier molecular flexibility index (Phi) is 4.43. The second-order valence-corrected chi connectivity index (χ2v) is 6.70. The molecule has 1 aliphatic carbocycles. The van der Waals surface area contributed by atoms with E-state index in [1.165, 1.54) is 12.1 Å².